The lowest BCUT2D eigenvalue weighted by Gasteiger charge is -2.20. The van der Waals surface area contributed by atoms with Crippen LogP contribution in [0.25, 0.3) is 0 Å². The number of hydrogen-bond donors (Lipinski definition) is 0. The predicted octanol–water partition coefficient (Wildman–Crippen LogP) is 1.38. The van der Waals surface area contributed by atoms with Gasteiger partial charge in [-0.1, -0.05) is 11.6 Å². The Kier molecular flexibility index (Phi) is 3.92. The fourth-order valence-electron chi connectivity index (χ4n) is 2.21. The minimum absolute atomic E-state index is 0.00856. The molecule has 0 spiro atoms. The van der Waals surface area contributed by atoms with Crippen molar-refractivity contribution in [1.29, 1.82) is 0 Å². The quantitative estimate of drug-likeness (QED) is 0.834. The van der Waals surface area contributed by atoms with Crippen LogP contribution in [0.2, 0.25) is 5.15 Å². The molecule has 1 amide bonds. The molecule has 1 atom stereocenters. The van der Waals surface area contributed by atoms with Gasteiger partial charge < -0.3 is 9.64 Å². The van der Waals surface area contributed by atoms with Crippen LogP contribution in [0.15, 0.2) is 0 Å². The molecule has 100 valence electrons. The van der Waals surface area contributed by atoms with Crippen molar-refractivity contribution < 1.29 is 9.53 Å². The molecule has 0 aliphatic carbocycles. The summed E-state index contributed by atoms with van der Waals surface area (Å²) in [4.78, 5) is 13.9. The summed E-state index contributed by atoms with van der Waals surface area (Å²) in [6.07, 6.45) is 0.808. The van der Waals surface area contributed by atoms with Gasteiger partial charge in [0, 0.05) is 26.3 Å². The van der Waals surface area contributed by atoms with Gasteiger partial charge in [0.15, 0.2) is 0 Å². The second-order valence-corrected chi connectivity index (χ2v) is 5.09. The maximum atomic E-state index is 12.2. The van der Waals surface area contributed by atoms with Crippen LogP contribution in [-0.4, -0.2) is 40.8 Å². The Morgan fingerprint density at radius 1 is 1.67 bits per heavy atom. The Morgan fingerprint density at radius 3 is 2.89 bits per heavy atom. The van der Waals surface area contributed by atoms with E-state index in [0.29, 0.717) is 24.9 Å². The van der Waals surface area contributed by atoms with Crippen LogP contribution in [0.5, 0.6) is 0 Å². The fraction of sp³-hybridized carbons (Fsp3) is 0.667. The third kappa shape index (κ3) is 2.52. The molecule has 1 fully saturated rings. The van der Waals surface area contributed by atoms with E-state index in [1.807, 2.05) is 6.92 Å². The van der Waals surface area contributed by atoms with Gasteiger partial charge in [-0.05, 0) is 13.3 Å². The summed E-state index contributed by atoms with van der Waals surface area (Å²) in [5.41, 5.74) is 1.78. The third-order valence-electron chi connectivity index (χ3n) is 3.32. The van der Waals surface area contributed by atoms with Gasteiger partial charge in [-0.2, -0.15) is 5.10 Å². The van der Waals surface area contributed by atoms with Gasteiger partial charge in [0.05, 0.1) is 24.8 Å². The van der Waals surface area contributed by atoms with Crippen LogP contribution in [0, 0.1) is 12.8 Å². The minimum Gasteiger partial charge on any atom is -0.381 e. The zero-order valence-corrected chi connectivity index (χ0v) is 11.7. The maximum Gasteiger partial charge on any atom is 0.228 e. The molecule has 1 aromatic rings. The van der Waals surface area contributed by atoms with Gasteiger partial charge >= 0.3 is 0 Å². The number of nitrogens with zero attached hydrogens (tertiary/aromatic N) is 3. The van der Waals surface area contributed by atoms with E-state index in [-0.39, 0.29) is 11.8 Å². The van der Waals surface area contributed by atoms with E-state index < -0.39 is 0 Å². The highest BCUT2D eigenvalue weighted by atomic mass is 35.5. The molecule has 1 aliphatic rings. The average molecular weight is 272 g/mol. The Balaban J connectivity index is 2.06. The summed E-state index contributed by atoms with van der Waals surface area (Å²) in [5, 5.41) is 4.84. The third-order valence-corrected chi connectivity index (χ3v) is 3.79. The molecule has 6 heteroatoms. The number of rotatable bonds is 3. The first-order valence-electron chi connectivity index (χ1n) is 6.01. The molecule has 1 aliphatic heterocycles. The van der Waals surface area contributed by atoms with Crippen LogP contribution in [0.4, 0.5) is 0 Å². The summed E-state index contributed by atoms with van der Waals surface area (Å²) >= 11 is 6.16. The van der Waals surface area contributed by atoms with E-state index in [0.717, 1.165) is 17.7 Å². The standard InChI is InChI=1S/C12H18ClN3O2/c1-8-10(11(13)16(3)14-8)6-15(2)12(17)9-4-5-18-7-9/h9H,4-7H2,1-3H3. The number of aromatic nitrogens is 2. The molecular weight excluding hydrogens is 254 g/mol. The molecule has 5 nitrogen and oxygen atoms in total. The summed E-state index contributed by atoms with van der Waals surface area (Å²) in [6.45, 7) is 3.60. The van der Waals surface area contributed by atoms with Crippen molar-refractivity contribution in [3.8, 4) is 0 Å². The summed E-state index contributed by atoms with van der Waals surface area (Å²) in [6, 6.07) is 0. The number of halogens is 1. The monoisotopic (exact) mass is 271 g/mol. The highest BCUT2D eigenvalue weighted by molar-refractivity contribution is 6.30. The summed E-state index contributed by atoms with van der Waals surface area (Å²) in [7, 11) is 3.59. The Bertz CT molecular complexity index is 452. The number of ether oxygens (including phenoxy) is 1. The molecule has 2 heterocycles. The lowest BCUT2D eigenvalue weighted by molar-refractivity contribution is -0.134. The van der Waals surface area contributed by atoms with Crippen LogP contribution >= 0.6 is 11.6 Å². The van der Waals surface area contributed by atoms with E-state index in [4.69, 9.17) is 16.3 Å². The molecule has 2 rings (SSSR count). The van der Waals surface area contributed by atoms with Crippen molar-refractivity contribution in [2.75, 3.05) is 20.3 Å². The van der Waals surface area contributed by atoms with Gasteiger partial charge in [-0.3, -0.25) is 9.48 Å². The van der Waals surface area contributed by atoms with E-state index in [1.165, 1.54) is 0 Å². The lowest BCUT2D eigenvalue weighted by atomic mass is 10.1. The van der Waals surface area contributed by atoms with Crippen LogP contribution in [0.1, 0.15) is 17.7 Å². The normalized spacial score (nSPS) is 19.2. The van der Waals surface area contributed by atoms with Crippen molar-refractivity contribution in [3.05, 3.63) is 16.4 Å². The average Bonchev–Trinajstić information content (AvgIpc) is 2.93. The zero-order valence-electron chi connectivity index (χ0n) is 10.9. The van der Waals surface area contributed by atoms with Crippen LogP contribution in [0.3, 0.4) is 0 Å². The smallest absolute Gasteiger partial charge is 0.228 e. The minimum atomic E-state index is -0.00856. The van der Waals surface area contributed by atoms with Gasteiger partial charge in [0.25, 0.3) is 0 Å². The zero-order chi connectivity index (χ0) is 13.3. The first kappa shape index (κ1) is 13.4. The van der Waals surface area contributed by atoms with Crippen molar-refractivity contribution in [2.24, 2.45) is 13.0 Å². The lowest BCUT2D eigenvalue weighted by Crippen LogP contribution is -2.32. The molecule has 0 saturated carbocycles. The van der Waals surface area contributed by atoms with Crippen molar-refractivity contribution in [3.63, 3.8) is 0 Å². The topological polar surface area (TPSA) is 47.4 Å². The van der Waals surface area contributed by atoms with Gasteiger partial charge in [-0.25, -0.2) is 0 Å². The number of hydrogen-bond acceptors (Lipinski definition) is 3. The molecule has 0 aromatic carbocycles. The Morgan fingerprint density at radius 2 is 2.39 bits per heavy atom. The molecule has 0 N–H and O–H groups in total. The summed E-state index contributed by atoms with van der Waals surface area (Å²) in [5.74, 6) is 0.109. The fourth-order valence-corrected chi connectivity index (χ4v) is 2.44. The van der Waals surface area contributed by atoms with E-state index in [2.05, 4.69) is 5.10 Å². The van der Waals surface area contributed by atoms with Crippen molar-refractivity contribution in [1.82, 2.24) is 14.7 Å². The molecule has 18 heavy (non-hydrogen) atoms. The van der Waals surface area contributed by atoms with E-state index in [9.17, 15) is 4.79 Å². The van der Waals surface area contributed by atoms with Crippen molar-refractivity contribution >= 4 is 17.5 Å². The van der Waals surface area contributed by atoms with Crippen LogP contribution in [-0.2, 0) is 23.1 Å². The molecular formula is C12H18ClN3O2. The van der Waals surface area contributed by atoms with E-state index >= 15 is 0 Å². The molecule has 1 unspecified atom stereocenters. The molecule has 1 saturated heterocycles. The molecule has 1 aromatic heterocycles. The van der Waals surface area contributed by atoms with Gasteiger partial charge in [0.2, 0.25) is 5.91 Å². The highest BCUT2D eigenvalue weighted by Gasteiger charge is 2.27. The first-order chi connectivity index (χ1) is 8.50. The SMILES string of the molecule is Cc1nn(C)c(Cl)c1CN(C)C(=O)C1CCOC1. The number of carbonyl (C=O) groups is 1. The van der Waals surface area contributed by atoms with Gasteiger partial charge in [0.1, 0.15) is 5.15 Å². The number of aryl methyl sites for hydroxylation is 2. The second-order valence-electron chi connectivity index (χ2n) is 4.73. The first-order valence-corrected chi connectivity index (χ1v) is 6.39. The largest absolute Gasteiger partial charge is 0.381 e. The summed E-state index contributed by atoms with van der Waals surface area (Å²) < 4.78 is 6.87. The number of amides is 1. The Labute approximate surface area is 112 Å². The Hall–Kier alpha value is -1.07. The number of carbonyl (C=O) groups excluding carboxylic acids is 1. The second kappa shape index (κ2) is 5.28. The molecule has 0 radical (unpaired) electrons. The van der Waals surface area contributed by atoms with Crippen LogP contribution < -0.4 is 0 Å². The molecule has 0 bridgehead atoms. The van der Waals surface area contributed by atoms with E-state index in [1.54, 1.807) is 23.7 Å². The maximum absolute atomic E-state index is 12.2. The highest BCUT2D eigenvalue weighted by Crippen LogP contribution is 2.22. The predicted molar refractivity (Wildman–Crippen MR) is 68.4 cm³/mol. The van der Waals surface area contributed by atoms with Gasteiger partial charge in [-0.15, -0.1) is 0 Å². The van der Waals surface area contributed by atoms with Crippen molar-refractivity contribution in [2.45, 2.75) is 19.9 Å².